The fourth-order valence-electron chi connectivity index (χ4n) is 4.11. The molecule has 3 aromatic carbocycles. The molecule has 0 spiro atoms. The summed E-state index contributed by atoms with van der Waals surface area (Å²) in [7, 11) is 0. The first-order valence-corrected chi connectivity index (χ1v) is 12.2. The zero-order valence-corrected chi connectivity index (χ0v) is 20.6. The van der Waals surface area contributed by atoms with E-state index in [2.05, 4.69) is 4.98 Å². The van der Waals surface area contributed by atoms with Gasteiger partial charge in [0, 0.05) is 10.6 Å². The van der Waals surface area contributed by atoms with E-state index >= 15 is 0 Å². The first-order chi connectivity index (χ1) is 16.9. The number of halogens is 1. The number of aryl methyl sites for hydroxylation is 1. The highest BCUT2D eigenvalue weighted by molar-refractivity contribution is 7.22. The summed E-state index contributed by atoms with van der Waals surface area (Å²) >= 11 is 7.39. The van der Waals surface area contributed by atoms with Crippen molar-refractivity contribution in [3.63, 3.8) is 0 Å². The van der Waals surface area contributed by atoms with Gasteiger partial charge in [-0.3, -0.25) is 14.5 Å². The van der Waals surface area contributed by atoms with Gasteiger partial charge in [0.2, 0.25) is 0 Å². The molecule has 2 heterocycles. The van der Waals surface area contributed by atoms with E-state index in [9.17, 15) is 14.7 Å². The lowest BCUT2D eigenvalue weighted by Gasteiger charge is -2.23. The maximum Gasteiger partial charge on any atom is 0.301 e. The minimum Gasteiger partial charge on any atom is -0.507 e. The number of carbonyl (C=O) groups excluding carboxylic acids is 2. The van der Waals surface area contributed by atoms with Crippen molar-refractivity contribution in [3.05, 3.63) is 94.0 Å². The van der Waals surface area contributed by atoms with Gasteiger partial charge in [-0.05, 0) is 49.7 Å². The van der Waals surface area contributed by atoms with Crippen molar-refractivity contribution in [2.75, 3.05) is 11.5 Å². The van der Waals surface area contributed by atoms with Crippen molar-refractivity contribution < 1.29 is 19.4 Å². The fraction of sp³-hybridized carbons (Fsp3) is 0.148. The lowest BCUT2D eigenvalue weighted by atomic mass is 9.95. The van der Waals surface area contributed by atoms with Gasteiger partial charge in [-0.15, -0.1) is 0 Å². The largest absolute Gasteiger partial charge is 0.507 e. The Hall–Kier alpha value is -3.68. The van der Waals surface area contributed by atoms with Gasteiger partial charge < -0.3 is 9.84 Å². The number of rotatable bonds is 5. The molecule has 176 valence electrons. The second kappa shape index (κ2) is 9.17. The van der Waals surface area contributed by atoms with Crippen LogP contribution in [0.5, 0.6) is 5.75 Å². The van der Waals surface area contributed by atoms with Gasteiger partial charge in [0.1, 0.15) is 11.5 Å². The van der Waals surface area contributed by atoms with E-state index in [-0.39, 0.29) is 11.3 Å². The molecule has 1 atom stereocenters. The Morgan fingerprint density at radius 1 is 1.09 bits per heavy atom. The number of aliphatic hydroxyl groups excluding tert-OH is 1. The van der Waals surface area contributed by atoms with Crippen LogP contribution in [0.3, 0.4) is 0 Å². The smallest absolute Gasteiger partial charge is 0.301 e. The number of hydrogen-bond acceptors (Lipinski definition) is 6. The summed E-state index contributed by atoms with van der Waals surface area (Å²) in [4.78, 5) is 32.6. The molecule has 1 aliphatic rings. The lowest BCUT2D eigenvalue weighted by Crippen LogP contribution is -2.29. The second-order valence-corrected chi connectivity index (χ2v) is 9.59. The minimum absolute atomic E-state index is 0.00966. The van der Waals surface area contributed by atoms with Gasteiger partial charge >= 0.3 is 5.91 Å². The first kappa shape index (κ1) is 23.1. The van der Waals surface area contributed by atoms with Gasteiger partial charge in [0.05, 0.1) is 28.4 Å². The van der Waals surface area contributed by atoms with Crippen molar-refractivity contribution >= 4 is 55.7 Å². The van der Waals surface area contributed by atoms with Gasteiger partial charge in [-0.2, -0.15) is 0 Å². The van der Waals surface area contributed by atoms with Crippen LogP contribution >= 0.6 is 22.9 Å². The highest BCUT2D eigenvalue weighted by atomic mass is 35.5. The number of thiazole rings is 1. The van der Waals surface area contributed by atoms with Crippen LogP contribution in [0, 0.1) is 6.92 Å². The second-order valence-electron chi connectivity index (χ2n) is 8.15. The Labute approximate surface area is 211 Å². The molecule has 4 aromatic rings. The molecule has 1 aromatic heterocycles. The molecule has 35 heavy (non-hydrogen) atoms. The summed E-state index contributed by atoms with van der Waals surface area (Å²) in [5.41, 5.74) is 2.80. The van der Waals surface area contributed by atoms with Crippen LogP contribution in [-0.2, 0) is 9.59 Å². The number of carbonyl (C=O) groups is 2. The van der Waals surface area contributed by atoms with E-state index in [1.54, 1.807) is 36.4 Å². The van der Waals surface area contributed by atoms with E-state index in [0.29, 0.717) is 39.2 Å². The van der Waals surface area contributed by atoms with Crippen LogP contribution < -0.4 is 9.64 Å². The molecule has 0 aliphatic carbocycles. The fourth-order valence-corrected chi connectivity index (χ4v) is 5.26. The maximum atomic E-state index is 13.3. The summed E-state index contributed by atoms with van der Waals surface area (Å²) in [6.07, 6.45) is 0. The first-order valence-electron chi connectivity index (χ1n) is 11.0. The number of anilines is 1. The zero-order chi connectivity index (χ0) is 24.7. The van der Waals surface area contributed by atoms with Crippen LogP contribution in [0.15, 0.2) is 72.3 Å². The number of ketones is 1. The number of benzene rings is 3. The number of fused-ring (bicyclic) bond motifs is 1. The summed E-state index contributed by atoms with van der Waals surface area (Å²) < 4.78 is 6.41. The van der Waals surface area contributed by atoms with Crippen molar-refractivity contribution in [2.24, 2.45) is 0 Å². The average molecular weight is 505 g/mol. The van der Waals surface area contributed by atoms with E-state index in [4.69, 9.17) is 16.3 Å². The van der Waals surface area contributed by atoms with E-state index in [1.807, 2.05) is 44.2 Å². The maximum absolute atomic E-state index is 13.3. The molecule has 1 saturated heterocycles. The normalized spacial score (nSPS) is 17.3. The molecule has 0 saturated carbocycles. The standard InChI is InChI=1S/C27H21ClN2O4S/c1-3-34-19-12-13-20-21(14-19)35-27(29-20)30-23(16-8-10-18(28)11-9-16)22(25(32)26(30)33)24(31)17-6-4-15(2)5-7-17/h4-14,23,31H,3H2,1-2H3/t23-/m0/s1. The summed E-state index contributed by atoms with van der Waals surface area (Å²) in [5.74, 6) is -1.04. The van der Waals surface area contributed by atoms with E-state index < -0.39 is 17.7 Å². The summed E-state index contributed by atoms with van der Waals surface area (Å²) in [5, 5.41) is 12.1. The highest BCUT2D eigenvalue weighted by Crippen LogP contribution is 2.44. The minimum atomic E-state index is -0.861. The molecule has 1 amide bonds. The number of ether oxygens (including phenoxy) is 1. The predicted molar refractivity (Wildman–Crippen MR) is 138 cm³/mol. The van der Waals surface area contributed by atoms with Crippen LogP contribution in [0.25, 0.3) is 16.0 Å². The average Bonchev–Trinajstić information content (AvgIpc) is 3.38. The van der Waals surface area contributed by atoms with Crippen LogP contribution in [-0.4, -0.2) is 28.4 Å². The van der Waals surface area contributed by atoms with Gasteiger partial charge in [0.15, 0.2) is 5.13 Å². The van der Waals surface area contributed by atoms with Gasteiger partial charge in [-0.25, -0.2) is 4.98 Å². The van der Waals surface area contributed by atoms with E-state index in [0.717, 1.165) is 10.3 Å². The molecular weight excluding hydrogens is 484 g/mol. The van der Waals surface area contributed by atoms with Crippen molar-refractivity contribution in [1.82, 2.24) is 4.98 Å². The Morgan fingerprint density at radius 2 is 1.80 bits per heavy atom. The van der Waals surface area contributed by atoms with Crippen molar-refractivity contribution in [3.8, 4) is 5.75 Å². The molecule has 0 bridgehead atoms. The SMILES string of the molecule is CCOc1ccc2nc(N3C(=O)C(=O)C(=C(O)c4ccc(C)cc4)[C@@H]3c3ccc(Cl)cc3)sc2c1. The molecule has 0 unspecified atom stereocenters. The molecule has 8 heteroatoms. The quantitative estimate of drug-likeness (QED) is 0.196. The summed E-state index contributed by atoms with van der Waals surface area (Å²) in [6, 6.07) is 18.6. The van der Waals surface area contributed by atoms with Gasteiger partial charge in [-0.1, -0.05) is 64.9 Å². The highest BCUT2D eigenvalue weighted by Gasteiger charge is 2.48. The van der Waals surface area contributed by atoms with Crippen LogP contribution in [0.4, 0.5) is 5.13 Å². The number of nitrogens with zero attached hydrogens (tertiary/aromatic N) is 2. The molecule has 1 fully saturated rings. The zero-order valence-electron chi connectivity index (χ0n) is 19.0. The predicted octanol–water partition coefficient (Wildman–Crippen LogP) is 6.28. The monoisotopic (exact) mass is 504 g/mol. The Bertz CT molecular complexity index is 1480. The lowest BCUT2D eigenvalue weighted by molar-refractivity contribution is -0.132. The Kier molecular flexibility index (Phi) is 6.05. The Balaban J connectivity index is 1.69. The molecule has 1 N–H and O–H groups in total. The molecular formula is C27H21ClN2O4S. The molecule has 1 aliphatic heterocycles. The number of amides is 1. The molecule has 5 rings (SSSR count). The summed E-state index contributed by atoms with van der Waals surface area (Å²) in [6.45, 7) is 4.36. The number of Topliss-reactive ketones (excluding diaryl/α,β-unsaturated/α-hetero) is 1. The number of aliphatic hydroxyl groups is 1. The third kappa shape index (κ3) is 4.17. The van der Waals surface area contributed by atoms with Crippen LogP contribution in [0.1, 0.15) is 29.7 Å². The number of aromatic nitrogens is 1. The van der Waals surface area contributed by atoms with Gasteiger partial charge in [0.25, 0.3) is 5.78 Å². The third-order valence-electron chi connectivity index (χ3n) is 5.82. The van der Waals surface area contributed by atoms with Crippen LogP contribution in [0.2, 0.25) is 5.02 Å². The van der Waals surface area contributed by atoms with Crippen molar-refractivity contribution in [2.45, 2.75) is 19.9 Å². The molecule has 0 radical (unpaired) electrons. The topological polar surface area (TPSA) is 79.7 Å². The number of hydrogen-bond donors (Lipinski definition) is 1. The van der Waals surface area contributed by atoms with E-state index in [1.165, 1.54) is 16.2 Å². The Morgan fingerprint density at radius 3 is 2.49 bits per heavy atom. The van der Waals surface area contributed by atoms with Crippen molar-refractivity contribution in [1.29, 1.82) is 0 Å². The third-order valence-corrected chi connectivity index (χ3v) is 7.09. The molecule has 6 nitrogen and oxygen atoms in total.